The van der Waals surface area contributed by atoms with E-state index in [-0.39, 0.29) is 6.10 Å². The number of hydrogen-bond acceptors (Lipinski definition) is 3. The Balaban J connectivity index is 2.70. The third-order valence-electron chi connectivity index (χ3n) is 1.34. The lowest BCUT2D eigenvalue weighted by Gasteiger charge is -2.09. The SMILES string of the molecule is CC(C)OS(=O)(=O)Nc1ccccc1. The van der Waals surface area contributed by atoms with Gasteiger partial charge in [-0.2, -0.15) is 8.42 Å². The van der Waals surface area contributed by atoms with Gasteiger partial charge in [0, 0.05) is 0 Å². The van der Waals surface area contributed by atoms with Crippen LogP contribution in [0, 0.1) is 0 Å². The monoisotopic (exact) mass is 215 g/mol. The number of rotatable bonds is 4. The lowest BCUT2D eigenvalue weighted by molar-refractivity contribution is 0.251. The molecular weight excluding hydrogens is 202 g/mol. The minimum absolute atomic E-state index is 0.365. The van der Waals surface area contributed by atoms with Crippen molar-refractivity contribution < 1.29 is 12.6 Å². The molecule has 0 aliphatic heterocycles. The molecule has 0 bridgehead atoms. The Bertz CT molecular complexity index is 372. The predicted octanol–water partition coefficient (Wildman–Crippen LogP) is 1.77. The summed E-state index contributed by atoms with van der Waals surface area (Å²) < 4.78 is 29.6. The van der Waals surface area contributed by atoms with Crippen molar-refractivity contribution in [1.82, 2.24) is 0 Å². The number of anilines is 1. The molecule has 0 atom stereocenters. The van der Waals surface area contributed by atoms with Gasteiger partial charge in [-0.3, -0.25) is 8.91 Å². The topological polar surface area (TPSA) is 55.4 Å². The summed E-state index contributed by atoms with van der Waals surface area (Å²) in [5, 5.41) is 0. The number of benzene rings is 1. The summed E-state index contributed by atoms with van der Waals surface area (Å²) in [5.74, 6) is 0. The highest BCUT2D eigenvalue weighted by Crippen LogP contribution is 2.09. The standard InChI is InChI=1S/C9H13NO3S/c1-8(2)13-14(11,12)10-9-6-4-3-5-7-9/h3-8,10H,1-2H3. The van der Waals surface area contributed by atoms with Gasteiger partial charge >= 0.3 is 10.3 Å². The summed E-state index contributed by atoms with van der Waals surface area (Å²) in [5.41, 5.74) is 0.494. The maximum Gasteiger partial charge on any atom is 0.360 e. The van der Waals surface area contributed by atoms with Crippen molar-refractivity contribution in [3.05, 3.63) is 30.3 Å². The molecule has 14 heavy (non-hydrogen) atoms. The number of para-hydroxylation sites is 1. The first-order chi connectivity index (χ1) is 6.49. The average Bonchev–Trinajstić information content (AvgIpc) is 2.02. The van der Waals surface area contributed by atoms with E-state index in [0.29, 0.717) is 5.69 Å². The number of hydrogen-bond donors (Lipinski definition) is 1. The zero-order valence-corrected chi connectivity index (χ0v) is 8.91. The zero-order valence-electron chi connectivity index (χ0n) is 8.10. The Morgan fingerprint density at radius 1 is 1.21 bits per heavy atom. The van der Waals surface area contributed by atoms with Gasteiger partial charge in [0.25, 0.3) is 0 Å². The molecule has 0 aromatic heterocycles. The van der Waals surface area contributed by atoms with Gasteiger partial charge in [-0.25, -0.2) is 0 Å². The number of nitrogens with one attached hydrogen (secondary N) is 1. The van der Waals surface area contributed by atoms with Gasteiger partial charge in [0.15, 0.2) is 0 Å². The second-order valence-corrected chi connectivity index (χ2v) is 4.37. The Hall–Kier alpha value is -1.07. The van der Waals surface area contributed by atoms with Gasteiger partial charge in [-0.05, 0) is 26.0 Å². The highest BCUT2D eigenvalue weighted by atomic mass is 32.2. The maximum absolute atomic E-state index is 11.3. The first-order valence-electron chi connectivity index (χ1n) is 4.26. The van der Waals surface area contributed by atoms with Crippen LogP contribution < -0.4 is 4.72 Å². The summed E-state index contributed by atoms with van der Waals surface area (Å²) in [6.45, 7) is 3.31. The van der Waals surface area contributed by atoms with E-state index < -0.39 is 10.3 Å². The van der Waals surface area contributed by atoms with E-state index in [4.69, 9.17) is 4.18 Å². The van der Waals surface area contributed by atoms with Gasteiger partial charge < -0.3 is 0 Å². The van der Waals surface area contributed by atoms with Crippen molar-refractivity contribution in [1.29, 1.82) is 0 Å². The molecular formula is C9H13NO3S. The van der Waals surface area contributed by atoms with E-state index >= 15 is 0 Å². The van der Waals surface area contributed by atoms with Crippen molar-refractivity contribution in [3.63, 3.8) is 0 Å². The minimum atomic E-state index is -3.68. The van der Waals surface area contributed by atoms with Crippen molar-refractivity contribution in [2.24, 2.45) is 0 Å². The van der Waals surface area contributed by atoms with Crippen LogP contribution in [0.1, 0.15) is 13.8 Å². The van der Waals surface area contributed by atoms with E-state index in [0.717, 1.165) is 0 Å². The second kappa shape index (κ2) is 4.43. The molecule has 0 aliphatic carbocycles. The fourth-order valence-electron chi connectivity index (χ4n) is 0.928. The van der Waals surface area contributed by atoms with Crippen LogP contribution in [0.2, 0.25) is 0 Å². The molecule has 0 saturated heterocycles. The first-order valence-corrected chi connectivity index (χ1v) is 5.66. The van der Waals surface area contributed by atoms with Gasteiger partial charge in [-0.15, -0.1) is 0 Å². The smallest absolute Gasteiger partial charge is 0.261 e. The summed E-state index contributed by atoms with van der Waals surface area (Å²) in [6.07, 6.45) is -0.365. The molecule has 0 unspecified atom stereocenters. The largest absolute Gasteiger partial charge is 0.360 e. The van der Waals surface area contributed by atoms with E-state index in [1.807, 2.05) is 0 Å². The van der Waals surface area contributed by atoms with Crippen LogP contribution in [0.5, 0.6) is 0 Å². The quantitative estimate of drug-likeness (QED) is 0.832. The van der Waals surface area contributed by atoms with Gasteiger partial charge in [-0.1, -0.05) is 18.2 Å². The van der Waals surface area contributed by atoms with E-state index in [9.17, 15) is 8.42 Å². The van der Waals surface area contributed by atoms with Gasteiger partial charge in [0.2, 0.25) is 0 Å². The van der Waals surface area contributed by atoms with Crippen molar-refractivity contribution in [2.45, 2.75) is 20.0 Å². The van der Waals surface area contributed by atoms with Crippen LogP contribution >= 0.6 is 0 Å². The molecule has 0 radical (unpaired) electrons. The summed E-state index contributed by atoms with van der Waals surface area (Å²) in [7, 11) is -3.68. The molecule has 0 aliphatic rings. The Morgan fingerprint density at radius 3 is 2.29 bits per heavy atom. The molecule has 1 aromatic carbocycles. The molecule has 0 spiro atoms. The third-order valence-corrected chi connectivity index (χ3v) is 2.46. The van der Waals surface area contributed by atoms with Crippen molar-refractivity contribution >= 4 is 16.0 Å². The highest BCUT2D eigenvalue weighted by Gasteiger charge is 2.12. The Morgan fingerprint density at radius 2 is 1.79 bits per heavy atom. The maximum atomic E-state index is 11.3. The van der Waals surface area contributed by atoms with E-state index in [1.54, 1.807) is 44.2 Å². The minimum Gasteiger partial charge on any atom is -0.261 e. The van der Waals surface area contributed by atoms with Crippen LogP contribution in [-0.2, 0) is 14.5 Å². The molecule has 78 valence electrons. The molecule has 0 saturated carbocycles. The summed E-state index contributed by atoms with van der Waals surface area (Å²) >= 11 is 0. The van der Waals surface area contributed by atoms with E-state index in [2.05, 4.69) is 4.72 Å². The summed E-state index contributed by atoms with van der Waals surface area (Å²) in [6, 6.07) is 8.60. The van der Waals surface area contributed by atoms with Crippen LogP contribution in [0.15, 0.2) is 30.3 Å². The summed E-state index contributed by atoms with van der Waals surface area (Å²) in [4.78, 5) is 0. The molecule has 0 amide bonds. The fraction of sp³-hybridized carbons (Fsp3) is 0.333. The zero-order chi connectivity index (χ0) is 10.6. The van der Waals surface area contributed by atoms with E-state index in [1.165, 1.54) is 0 Å². The van der Waals surface area contributed by atoms with Crippen molar-refractivity contribution in [3.8, 4) is 0 Å². The Labute approximate surface area is 84.2 Å². The van der Waals surface area contributed by atoms with Crippen LogP contribution in [0.3, 0.4) is 0 Å². The molecule has 5 heteroatoms. The third kappa shape index (κ3) is 3.76. The van der Waals surface area contributed by atoms with Crippen LogP contribution in [0.4, 0.5) is 5.69 Å². The molecule has 0 heterocycles. The second-order valence-electron chi connectivity index (χ2n) is 3.07. The normalized spacial score (nSPS) is 11.6. The van der Waals surface area contributed by atoms with Gasteiger partial charge in [0.05, 0.1) is 11.8 Å². The lowest BCUT2D eigenvalue weighted by atomic mass is 10.3. The van der Waals surface area contributed by atoms with Gasteiger partial charge in [0.1, 0.15) is 0 Å². The predicted molar refractivity (Wildman–Crippen MR) is 55.2 cm³/mol. The molecule has 4 nitrogen and oxygen atoms in total. The molecule has 1 aromatic rings. The Kier molecular flexibility index (Phi) is 3.49. The average molecular weight is 215 g/mol. The van der Waals surface area contributed by atoms with Crippen molar-refractivity contribution in [2.75, 3.05) is 4.72 Å². The molecule has 0 fully saturated rings. The fourth-order valence-corrected chi connectivity index (χ4v) is 1.91. The first kappa shape index (κ1) is 11.0. The van der Waals surface area contributed by atoms with Crippen LogP contribution in [0.25, 0.3) is 0 Å². The van der Waals surface area contributed by atoms with Crippen LogP contribution in [-0.4, -0.2) is 14.5 Å². The highest BCUT2D eigenvalue weighted by molar-refractivity contribution is 7.88. The lowest BCUT2D eigenvalue weighted by Crippen LogP contribution is -2.19. The molecule has 1 N–H and O–H groups in total. The molecule has 1 rings (SSSR count).